The molecule has 0 fully saturated rings. The minimum absolute atomic E-state index is 0. The van der Waals surface area contributed by atoms with E-state index in [1.807, 2.05) is 100 Å². The van der Waals surface area contributed by atoms with E-state index in [0.29, 0.717) is 28.4 Å². The number of pyridine rings is 1. The molecule has 7 heteroatoms. The zero-order chi connectivity index (χ0) is 48.5. The third-order valence-electron chi connectivity index (χ3n) is 12.4. The van der Waals surface area contributed by atoms with Crippen LogP contribution in [0.25, 0.3) is 61.2 Å². The maximum absolute atomic E-state index is 9.25. The Morgan fingerprint density at radius 3 is 2.06 bits per heavy atom. The molecule has 0 saturated carbocycles. The second-order valence-electron chi connectivity index (χ2n) is 17.4. The average Bonchev–Trinajstić information content (AvgIpc) is 3.93. The fraction of sp³-hybridized carbons (Fsp3) is 0.0847. The minimum atomic E-state index is -2.96. The number of ether oxygens (including phenoxy) is 1. The van der Waals surface area contributed by atoms with E-state index in [9.17, 15) is 2.74 Å². The number of benzene rings is 8. The van der Waals surface area contributed by atoms with Gasteiger partial charge in [0.2, 0.25) is 0 Å². The van der Waals surface area contributed by atoms with Gasteiger partial charge in [0.05, 0.1) is 23.6 Å². The van der Waals surface area contributed by atoms with Crippen molar-refractivity contribution in [3.05, 3.63) is 230 Å². The van der Waals surface area contributed by atoms with Crippen molar-refractivity contribution in [1.82, 2.24) is 14.1 Å². The van der Waals surface area contributed by atoms with Crippen LogP contribution in [0.2, 0.25) is 6.55 Å². The Bertz CT molecular complexity index is 3770. The topological polar surface area (TPSA) is 35.9 Å². The molecular weight excluding hydrogens is 1000 g/mol. The van der Waals surface area contributed by atoms with E-state index < -0.39 is 26.2 Å². The number of fused-ring (bicyclic) bond motifs is 4. The molecule has 3 heterocycles. The number of hydrogen-bond donors (Lipinski definition) is 0. The van der Waals surface area contributed by atoms with Crippen LogP contribution in [0.15, 0.2) is 206 Å². The first-order valence-corrected chi connectivity index (χ1v) is 24.2. The van der Waals surface area contributed by atoms with Gasteiger partial charge in [0, 0.05) is 44.3 Å². The van der Waals surface area contributed by atoms with Crippen LogP contribution in [0.3, 0.4) is 0 Å². The zero-order valence-electron chi connectivity index (χ0n) is 41.8. The van der Waals surface area contributed by atoms with Crippen molar-refractivity contribution < 1.29 is 37.2 Å². The Kier molecular flexibility index (Phi) is 9.77. The summed E-state index contributed by atoms with van der Waals surface area (Å²) in [6, 6.07) is 62.4. The molecule has 3 aromatic heterocycles. The summed E-state index contributed by atoms with van der Waals surface area (Å²) in [4.78, 5) is 4.84. The number of para-hydroxylation sites is 4. The molecule has 0 amide bonds. The normalized spacial score (nSPS) is 12.9. The second-order valence-corrected chi connectivity index (χ2v) is 21.4. The fourth-order valence-corrected chi connectivity index (χ4v) is 12.9. The van der Waals surface area contributed by atoms with Gasteiger partial charge in [-0.15, -0.1) is 29.7 Å². The SMILES string of the molecule is [2H]c1c([2H])c([2H])c(-c2cccc([Si](C)(c3ccccc3)c3ccccc3)c2-[n+]2[c-]n(-c3[c-]c(Oc4[c-]c5c(cc4)c4ccccc4n5-c4cc(C(C)(C)C)ccn4)ccc3)c3ccccc32)c([2H])c1[2H].[Pt]. The van der Waals surface area contributed by atoms with Crippen LogP contribution in [0.5, 0.6) is 11.5 Å². The van der Waals surface area contributed by atoms with Crippen LogP contribution in [-0.2, 0) is 26.5 Å². The van der Waals surface area contributed by atoms with Gasteiger partial charge in [0.1, 0.15) is 13.9 Å². The largest absolute Gasteiger partial charge is 0.510 e. The monoisotopic (exact) mass is 1050 g/mol. The van der Waals surface area contributed by atoms with Gasteiger partial charge in [-0.25, -0.2) is 4.98 Å². The van der Waals surface area contributed by atoms with Gasteiger partial charge in [-0.2, -0.15) is 18.2 Å². The average molecular weight is 1060 g/mol. The Morgan fingerprint density at radius 2 is 1.32 bits per heavy atom. The molecule has 0 saturated heterocycles. The predicted molar refractivity (Wildman–Crippen MR) is 268 cm³/mol. The smallest absolute Gasteiger partial charge is 0.268 e. The van der Waals surface area contributed by atoms with Gasteiger partial charge in [0.25, 0.3) is 6.33 Å². The van der Waals surface area contributed by atoms with Crippen molar-refractivity contribution in [1.29, 1.82) is 0 Å². The number of imidazole rings is 1. The number of rotatable bonds is 9. The van der Waals surface area contributed by atoms with Gasteiger partial charge >= 0.3 is 0 Å². The van der Waals surface area contributed by atoms with E-state index in [2.05, 4.69) is 135 Å². The minimum Gasteiger partial charge on any atom is -0.510 e. The molecule has 0 atom stereocenters. The Morgan fingerprint density at radius 1 is 0.652 bits per heavy atom. The molecule has 5 nitrogen and oxygen atoms in total. The zero-order valence-corrected chi connectivity index (χ0v) is 40.0. The summed E-state index contributed by atoms with van der Waals surface area (Å²) >= 11 is 0. The van der Waals surface area contributed by atoms with Crippen LogP contribution in [0.4, 0.5) is 0 Å². The van der Waals surface area contributed by atoms with E-state index in [1.165, 1.54) is 5.56 Å². The summed E-state index contributed by atoms with van der Waals surface area (Å²) in [5.74, 6) is 1.78. The van der Waals surface area contributed by atoms with E-state index in [-0.39, 0.29) is 44.1 Å². The van der Waals surface area contributed by atoms with E-state index >= 15 is 0 Å². The summed E-state index contributed by atoms with van der Waals surface area (Å²) in [6.45, 7) is 8.91. The molecule has 0 aliphatic carbocycles. The number of aromatic nitrogens is 4. The second kappa shape index (κ2) is 17.4. The van der Waals surface area contributed by atoms with Gasteiger partial charge in [-0.1, -0.05) is 195 Å². The predicted octanol–water partition coefficient (Wildman–Crippen LogP) is 11.7. The maximum Gasteiger partial charge on any atom is 0.268 e. The van der Waals surface area contributed by atoms with Crippen molar-refractivity contribution in [2.75, 3.05) is 0 Å². The van der Waals surface area contributed by atoms with Crippen molar-refractivity contribution in [2.24, 2.45) is 0 Å². The Balaban J connectivity index is 0.00000582. The van der Waals surface area contributed by atoms with E-state index in [0.717, 1.165) is 54.2 Å². The van der Waals surface area contributed by atoms with Crippen molar-refractivity contribution in [2.45, 2.75) is 32.7 Å². The Labute approximate surface area is 408 Å². The van der Waals surface area contributed by atoms with Crippen molar-refractivity contribution >= 4 is 56.5 Å². The molecule has 0 aliphatic heterocycles. The molecule has 0 spiro atoms. The summed E-state index contributed by atoms with van der Waals surface area (Å²) in [5, 5.41) is 5.39. The van der Waals surface area contributed by atoms with Gasteiger partial charge in [-0.05, 0) is 56.6 Å². The molecule has 0 unspecified atom stereocenters. The Hall–Kier alpha value is -7.11. The summed E-state index contributed by atoms with van der Waals surface area (Å²) in [7, 11) is -2.96. The summed E-state index contributed by atoms with van der Waals surface area (Å²) in [6.07, 6.45) is 5.56. The van der Waals surface area contributed by atoms with Gasteiger partial charge in [0.15, 0.2) is 0 Å². The molecule has 0 N–H and O–H groups in total. The third-order valence-corrected chi connectivity index (χ3v) is 16.9. The van der Waals surface area contributed by atoms with Crippen LogP contribution >= 0.6 is 0 Å². The fourth-order valence-electron chi connectivity index (χ4n) is 9.12. The molecule has 0 aliphatic rings. The first kappa shape index (κ1) is 37.1. The maximum atomic E-state index is 9.25. The van der Waals surface area contributed by atoms with Gasteiger partial charge in [-0.3, -0.25) is 4.57 Å². The van der Waals surface area contributed by atoms with E-state index in [1.54, 1.807) is 0 Å². The van der Waals surface area contributed by atoms with Crippen molar-refractivity contribution in [3.8, 4) is 39.8 Å². The van der Waals surface area contributed by atoms with Crippen LogP contribution < -0.4 is 24.9 Å². The quantitative estimate of drug-likeness (QED) is 0.0625. The van der Waals surface area contributed by atoms with Crippen LogP contribution in [0, 0.1) is 18.5 Å². The number of hydrogen-bond acceptors (Lipinski definition) is 2. The first-order chi connectivity index (χ1) is 33.8. The molecule has 324 valence electrons. The van der Waals surface area contributed by atoms with Gasteiger partial charge < -0.3 is 13.9 Å². The molecule has 8 aromatic carbocycles. The molecule has 11 rings (SSSR count). The van der Waals surface area contributed by atoms with E-state index in [4.69, 9.17) is 13.8 Å². The molecule has 11 aromatic rings. The van der Waals surface area contributed by atoms with Crippen LogP contribution in [-0.4, -0.2) is 22.2 Å². The first-order valence-electron chi connectivity index (χ1n) is 24.2. The molecule has 0 bridgehead atoms. The van der Waals surface area contributed by atoms with Crippen molar-refractivity contribution in [3.63, 3.8) is 0 Å². The summed E-state index contributed by atoms with van der Waals surface area (Å²) in [5.41, 5.74) is 6.50. The molecule has 66 heavy (non-hydrogen) atoms. The standard InChI is InChI=1S/C59H46N4OSi.Pt/c1-59(2,3)43-36-37-60-57(38-43)63-52-30-15-14-28-50(52)51-35-34-46(40-55(51)63)64-45-23-18-22-44(39-45)61-41-62(54-32-17-16-31-53(54)61)58-49(42-20-8-5-9-21-42)29-19-33-56(58)65(4,47-24-10-6-11-25-47)48-26-12-7-13-27-48;/h5-38H,1-4H3;/q-2;/i5D,8D,9D,20D,21D;. The molecular formula is C59H46N4OPtSi-2. The number of nitrogens with zero attached hydrogens (tertiary/aromatic N) is 4. The molecule has 0 radical (unpaired) electrons. The van der Waals surface area contributed by atoms with Crippen LogP contribution in [0.1, 0.15) is 33.2 Å². The third kappa shape index (κ3) is 7.50. The summed E-state index contributed by atoms with van der Waals surface area (Å²) < 4.78 is 57.2.